The summed E-state index contributed by atoms with van der Waals surface area (Å²) in [6, 6.07) is 5.63. The first-order valence-corrected chi connectivity index (χ1v) is 7.28. The number of carbonyl (C=O) groups is 1. The molecule has 1 unspecified atom stereocenters. The van der Waals surface area contributed by atoms with E-state index in [1.54, 1.807) is 0 Å². The average Bonchev–Trinajstić information content (AvgIpc) is 2.63. The van der Waals surface area contributed by atoms with Crippen molar-refractivity contribution in [2.24, 2.45) is 0 Å². The van der Waals surface area contributed by atoms with E-state index in [-0.39, 0.29) is 10.0 Å². The van der Waals surface area contributed by atoms with E-state index in [9.17, 15) is 23.1 Å². The van der Waals surface area contributed by atoms with Gasteiger partial charge in [0.1, 0.15) is 23.1 Å². The van der Waals surface area contributed by atoms with Gasteiger partial charge < -0.3 is 10.0 Å². The highest BCUT2D eigenvalue weighted by Gasteiger charge is 2.46. The molecule has 3 rings (SSSR count). The number of hydrogen-bond donors (Lipinski definition) is 1. The van der Waals surface area contributed by atoms with Crippen molar-refractivity contribution in [2.45, 2.75) is 12.2 Å². The van der Waals surface area contributed by atoms with Crippen molar-refractivity contribution in [2.75, 3.05) is 0 Å². The lowest BCUT2D eigenvalue weighted by Gasteiger charge is -2.32. The van der Waals surface area contributed by atoms with Crippen molar-refractivity contribution in [3.63, 3.8) is 0 Å². The van der Waals surface area contributed by atoms with Gasteiger partial charge in [0.15, 0.2) is 7.85 Å². The van der Waals surface area contributed by atoms with Crippen molar-refractivity contribution >= 4 is 29.7 Å². The first-order valence-electron chi connectivity index (χ1n) is 6.49. The molecule has 0 aromatic heterocycles. The van der Waals surface area contributed by atoms with Crippen LogP contribution in [0.15, 0.2) is 34.8 Å². The number of halogens is 4. The lowest BCUT2D eigenvalue weighted by molar-refractivity contribution is -0.0208. The second-order valence-electron chi connectivity index (χ2n) is 5.13. The summed E-state index contributed by atoms with van der Waals surface area (Å²) >= 11 is 2.94. The highest BCUT2D eigenvalue weighted by Crippen LogP contribution is 2.37. The highest BCUT2D eigenvalue weighted by molar-refractivity contribution is 9.10. The second-order valence-corrected chi connectivity index (χ2v) is 6.04. The maximum absolute atomic E-state index is 13.9. The normalized spacial score (nSPS) is 20.0. The van der Waals surface area contributed by atoms with Crippen molar-refractivity contribution in [3.05, 3.63) is 68.9 Å². The van der Waals surface area contributed by atoms with Crippen LogP contribution in [0.25, 0.3) is 0 Å². The fourth-order valence-electron chi connectivity index (χ4n) is 2.56. The molecular formula is C15H8BBrF3NO2. The Morgan fingerprint density at radius 3 is 2.35 bits per heavy atom. The molecule has 0 saturated heterocycles. The van der Waals surface area contributed by atoms with Crippen LogP contribution in [-0.2, 0) is 12.2 Å². The summed E-state index contributed by atoms with van der Waals surface area (Å²) in [6.45, 7) is -0.648. The number of fused-ring (bicyclic) bond motifs is 1. The molecule has 3 nitrogen and oxygen atoms in total. The van der Waals surface area contributed by atoms with E-state index in [0.29, 0.717) is 4.90 Å². The number of nitrogens with zero attached hydrogens (tertiary/aromatic N) is 1. The summed E-state index contributed by atoms with van der Waals surface area (Å²) in [5.74, 6) is -3.64. The van der Waals surface area contributed by atoms with Crippen molar-refractivity contribution in [3.8, 4) is 0 Å². The van der Waals surface area contributed by atoms with Gasteiger partial charge in [-0.15, -0.1) is 0 Å². The molecule has 23 heavy (non-hydrogen) atoms. The van der Waals surface area contributed by atoms with Gasteiger partial charge in [0.2, 0.25) is 0 Å². The van der Waals surface area contributed by atoms with Gasteiger partial charge in [0.05, 0.1) is 12.1 Å². The predicted octanol–water partition coefficient (Wildman–Crippen LogP) is 2.79. The molecule has 1 aliphatic rings. The molecule has 1 N–H and O–H groups in total. The van der Waals surface area contributed by atoms with E-state index in [1.165, 1.54) is 12.1 Å². The molecule has 1 atom stereocenters. The highest BCUT2D eigenvalue weighted by atomic mass is 79.9. The molecule has 116 valence electrons. The van der Waals surface area contributed by atoms with Crippen LogP contribution >= 0.6 is 15.9 Å². The molecule has 0 aliphatic carbocycles. The molecule has 2 aromatic rings. The van der Waals surface area contributed by atoms with Gasteiger partial charge in [-0.3, -0.25) is 4.79 Å². The third kappa shape index (κ3) is 2.46. The molecule has 2 aromatic carbocycles. The summed E-state index contributed by atoms with van der Waals surface area (Å²) < 4.78 is 41.9. The van der Waals surface area contributed by atoms with Crippen LogP contribution in [0.4, 0.5) is 13.2 Å². The van der Waals surface area contributed by atoms with Crippen LogP contribution in [0, 0.1) is 17.5 Å². The van der Waals surface area contributed by atoms with E-state index in [2.05, 4.69) is 15.9 Å². The van der Waals surface area contributed by atoms with E-state index in [4.69, 9.17) is 7.85 Å². The summed E-state index contributed by atoms with van der Waals surface area (Å²) in [5.41, 5.74) is -3.38. The Morgan fingerprint density at radius 1 is 1.17 bits per heavy atom. The predicted molar refractivity (Wildman–Crippen MR) is 80.0 cm³/mol. The van der Waals surface area contributed by atoms with E-state index in [1.807, 2.05) is 0 Å². The second kappa shape index (κ2) is 5.38. The van der Waals surface area contributed by atoms with E-state index >= 15 is 0 Å². The number of rotatable bonds is 2. The van der Waals surface area contributed by atoms with Gasteiger partial charge in [0.25, 0.3) is 5.91 Å². The summed E-state index contributed by atoms with van der Waals surface area (Å²) in [5, 5.41) is 10.4. The van der Waals surface area contributed by atoms with Crippen molar-refractivity contribution in [1.82, 2.24) is 4.90 Å². The maximum atomic E-state index is 13.9. The van der Waals surface area contributed by atoms with Gasteiger partial charge in [0, 0.05) is 15.6 Å². The fourth-order valence-corrected chi connectivity index (χ4v) is 2.96. The van der Waals surface area contributed by atoms with Gasteiger partial charge in [-0.05, 0) is 18.2 Å². The Hall–Kier alpha value is -1.80. The van der Waals surface area contributed by atoms with Gasteiger partial charge in [-0.2, -0.15) is 0 Å². The molecule has 0 saturated carbocycles. The van der Waals surface area contributed by atoms with Gasteiger partial charge in [-0.25, -0.2) is 13.2 Å². The number of benzene rings is 2. The summed E-state index contributed by atoms with van der Waals surface area (Å²) in [6.07, 6.45) is 0. The molecule has 1 heterocycles. The minimum absolute atomic E-state index is 0.152. The van der Waals surface area contributed by atoms with Gasteiger partial charge >= 0.3 is 0 Å². The zero-order chi connectivity index (χ0) is 16.9. The van der Waals surface area contributed by atoms with Crippen LogP contribution in [0.5, 0.6) is 0 Å². The molecule has 1 aliphatic heterocycles. The monoisotopic (exact) mass is 381 g/mol. The Balaban J connectivity index is 2.06. The molecule has 1 amide bonds. The fraction of sp³-hybridized carbons (Fsp3) is 0.133. The molecule has 0 bridgehead atoms. The minimum atomic E-state index is -2.36. The first-order chi connectivity index (χ1) is 10.7. The largest absolute Gasteiger partial charge is 0.376 e. The first kappa shape index (κ1) is 16.1. The molecule has 2 radical (unpaired) electrons. The third-order valence-electron chi connectivity index (χ3n) is 3.70. The van der Waals surface area contributed by atoms with Crippen LogP contribution < -0.4 is 0 Å². The van der Waals surface area contributed by atoms with Crippen LogP contribution in [0.3, 0.4) is 0 Å². The Morgan fingerprint density at radius 2 is 1.78 bits per heavy atom. The van der Waals surface area contributed by atoms with Crippen LogP contribution in [-0.4, -0.2) is 23.8 Å². The van der Waals surface area contributed by atoms with Crippen LogP contribution in [0.1, 0.15) is 21.5 Å². The Kier molecular flexibility index (Phi) is 3.76. The molecule has 8 heteroatoms. The summed E-state index contributed by atoms with van der Waals surface area (Å²) in [4.78, 5) is 12.9. The lowest BCUT2D eigenvalue weighted by atomic mass is 9.83. The maximum Gasteiger partial charge on any atom is 0.259 e. The quantitative estimate of drug-likeness (QED) is 0.812. The number of amides is 1. The topological polar surface area (TPSA) is 40.5 Å². The number of carbonyl (C=O) groups excluding carboxylic acids is 1. The smallest absolute Gasteiger partial charge is 0.259 e. The SMILES string of the molecule is [B]C1(O)c2cccc(F)c2C(=O)N1Cc1c(F)cc(Br)cc1F. The number of hydrogen-bond acceptors (Lipinski definition) is 2. The summed E-state index contributed by atoms with van der Waals surface area (Å²) in [7, 11) is 5.71. The Labute approximate surface area is 139 Å². The standard InChI is InChI=1S/C15H8BBrF3NO2/c16-15(23)9-2-1-3-10(18)13(9)14(22)21(15)6-8-11(19)4-7(17)5-12(8)20/h1-5,23H,6H2. The van der Waals surface area contributed by atoms with Crippen molar-refractivity contribution < 1.29 is 23.1 Å². The average molecular weight is 382 g/mol. The van der Waals surface area contributed by atoms with E-state index < -0.39 is 46.7 Å². The number of aliphatic hydroxyl groups is 1. The van der Waals surface area contributed by atoms with E-state index in [0.717, 1.165) is 18.2 Å². The molecule has 0 spiro atoms. The molecule has 0 fully saturated rings. The molecular weight excluding hydrogens is 374 g/mol. The van der Waals surface area contributed by atoms with Gasteiger partial charge in [-0.1, -0.05) is 28.1 Å². The van der Waals surface area contributed by atoms with Crippen molar-refractivity contribution in [1.29, 1.82) is 0 Å². The minimum Gasteiger partial charge on any atom is -0.376 e. The Bertz CT molecular complexity index is 805. The third-order valence-corrected chi connectivity index (χ3v) is 4.16. The zero-order valence-electron chi connectivity index (χ0n) is 11.5. The zero-order valence-corrected chi connectivity index (χ0v) is 13.1. The van der Waals surface area contributed by atoms with Crippen LogP contribution in [0.2, 0.25) is 0 Å². The lowest BCUT2D eigenvalue weighted by Crippen LogP contribution is -2.44.